The smallest absolute Gasteiger partial charge is 0.407 e. The second-order valence-electron chi connectivity index (χ2n) is 6.16. The first-order valence-electron chi connectivity index (χ1n) is 8.10. The van der Waals surface area contributed by atoms with E-state index >= 15 is 0 Å². The molecule has 2 fully saturated rings. The zero-order chi connectivity index (χ0) is 15.2. The summed E-state index contributed by atoms with van der Waals surface area (Å²) >= 11 is 0. The first kappa shape index (κ1) is 15.3. The molecule has 0 aromatic heterocycles. The molecule has 1 saturated heterocycles. The van der Waals surface area contributed by atoms with Crippen LogP contribution < -0.4 is 10.6 Å². The Morgan fingerprint density at radius 2 is 1.73 bits per heavy atom. The maximum Gasteiger partial charge on any atom is 0.407 e. The van der Waals surface area contributed by atoms with Gasteiger partial charge < -0.3 is 20.1 Å². The van der Waals surface area contributed by atoms with E-state index in [2.05, 4.69) is 10.6 Å². The maximum absolute atomic E-state index is 11.8. The van der Waals surface area contributed by atoms with Gasteiger partial charge in [0.05, 0.1) is 19.3 Å². The molecule has 2 N–H and O–H groups in total. The van der Waals surface area contributed by atoms with Gasteiger partial charge in [0.25, 0.3) is 0 Å². The fourth-order valence-corrected chi connectivity index (χ4v) is 3.00. The largest absolute Gasteiger partial charge is 0.445 e. The minimum Gasteiger partial charge on any atom is -0.445 e. The van der Waals surface area contributed by atoms with Crippen molar-refractivity contribution in [2.45, 2.75) is 50.4 Å². The predicted octanol–water partition coefficient (Wildman–Crippen LogP) is 2.21. The van der Waals surface area contributed by atoms with Crippen molar-refractivity contribution in [1.29, 1.82) is 0 Å². The summed E-state index contributed by atoms with van der Waals surface area (Å²) in [5, 5.41) is 6.58. The molecular weight excluding hydrogens is 280 g/mol. The third-order valence-corrected chi connectivity index (χ3v) is 4.37. The van der Waals surface area contributed by atoms with Crippen LogP contribution in [0.15, 0.2) is 30.3 Å². The van der Waals surface area contributed by atoms with E-state index in [-0.39, 0.29) is 12.1 Å². The molecule has 5 heteroatoms. The second kappa shape index (κ2) is 7.61. The van der Waals surface area contributed by atoms with Crippen LogP contribution in [0, 0.1) is 0 Å². The van der Waals surface area contributed by atoms with Crippen LogP contribution in [0.2, 0.25) is 0 Å². The molecule has 0 atom stereocenters. The number of nitrogens with one attached hydrogen (secondary N) is 2. The molecule has 1 aromatic rings. The summed E-state index contributed by atoms with van der Waals surface area (Å²) in [5.74, 6) is 0. The van der Waals surface area contributed by atoms with Crippen LogP contribution in [-0.2, 0) is 16.1 Å². The van der Waals surface area contributed by atoms with Crippen LogP contribution in [0.4, 0.5) is 4.79 Å². The molecule has 3 rings (SSSR count). The average molecular weight is 304 g/mol. The van der Waals surface area contributed by atoms with Gasteiger partial charge in [-0.15, -0.1) is 0 Å². The molecule has 0 radical (unpaired) electrons. The summed E-state index contributed by atoms with van der Waals surface area (Å²) in [5.41, 5.74) is 1.01. The lowest BCUT2D eigenvalue weighted by Crippen LogP contribution is -2.52. The van der Waals surface area contributed by atoms with E-state index in [1.54, 1.807) is 0 Å². The van der Waals surface area contributed by atoms with Crippen LogP contribution in [-0.4, -0.2) is 37.4 Å². The topological polar surface area (TPSA) is 59.6 Å². The molecule has 0 spiro atoms. The lowest BCUT2D eigenvalue weighted by Gasteiger charge is -2.35. The van der Waals surface area contributed by atoms with Crippen molar-refractivity contribution in [2.24, 2.45) is 0 Å². The Bertz CT molecular complexity index is 468. The van der Waals surface area contributed by atoms with E-state index in [0.29, 0.717) is 18.7 Å². The van der Waals surface area contributed by atoms with E-state index in [4.69, 9.17) is 9.47 Å². The quantitative estimate of drug-likeness (QED) is 0.875. The van der Waals surface area contributed by atoms with Gasteiger partial charge >= 0.3 is 6.09 Å². The summed E-state index contributed by atoms with van der Waals surface area (Å²) in [6.07, 6.45) is 3.89. The lowest BCUT2D eigenvalue weighted by molar-refractivity contribution is -0.0123. The summed E-state index contributed by atoms with van der Waals surface area (Å²) in [7, 11) is 0. The number of alkyl carbamates (subject to hydrolysis) is 1. The first-order chi connectivity index (χ1) is 10.8. The lowest BCUT2D eigenvalue weighted by atomic mass is 9.90. The van der Waals surface area contributed by atoms with Gasteiger partial charge in [-0.25, -0.2) is 4.79 Å². The third kappa shape index (κ3) is 4.45. The van der Waals surface area contributed by atoms with Gasteiger partial charge in [-0.3, -0.25) is 0 Å². The fourth-order valence-electron chi connectivity index (χ4n) is 3.00. The number of benzene rings is 1. The van der Waals surface area contributed by atoms with E-state index in [1.165, 1.54) is 0 Å². The van der Waals surface area contributed by atoms with Crippen molar-refractivity contribution >= 4 is 6.09 Å². The van der Waals surface area contributed by atoms with Crippen LogP contribution in [0.3, 0.4) is 0 Å². The van der Waals surface area contributed by atoms with E-state index in [1.807, 2.05) is 30.3 Å². The van der Waals surface area contributed by atoms with E-state index in [0.717, 1.165) is 44.5 Å². The SMILES string of the molecule is O=C(NC1CCC(NC2COC2)CC1)OCc1ccccc1. The molecule has 1 heterocycles. The van der Waals surface area contributed by atoms with Gasteiger partial charge in [0.15, 0.2) is 0 Å². The number of ether oxygens (including phenoxy) is 2. The van der Waals surface area contributed by atoms with Crippen molar-refractivity contribution in [3.8, 4) is 0 Å². The van der Waals surface area contributed by atoms with Gasteiger partial charge in [-0.1, -0.05) is 30.3 Å². The standard InChI is InChI=1S/C17H24N2O3/c20-17(22-10-13-4-2-1-3-5-13)19-15-8-6-14(7-9-15)18-16-11-21-12-16/h1-5,14-16,18H,6-12H2,(H,19,20). The zero-order valence-electron chi connectivity index (χ0n) is 12.8. The molecule has 1 saturated carbocycles. The molecule has 1 aromatic carbocycles. The first-order valence-corrected chi connectivity index (χ1v) is 8.10. The Hall–Kier alpha value is -1.59. The number of amides is 1. The monoisotopic (exact) mass is 304 g/mol. The van der Waals surface area contributed by atoms with Crippen LogP contribution >= 0.6 is 0 Å². The molecule has 0 unspecified atom stereocenters. The van der Waals surface area contributed by atoms with E-state index < -0.39 is 0 Å². The highest BCUT2D eigenvalue weighted by Crippen LogP contribution is 2.20. The number of carbonyl (C=O) groups excluding carboxylic acids is 1. The number of hydrogen-bond donors (Lipinski definition) is 2. The highest BCUT2D eigenvalue weighted by atomic mass is 16.5. The molecule has 0 bridgehead atoms. The van der Waals surface area contributed by atoms with Gasteiger partial charge in [-0.2, -0.15) is 0 Å². The maximum atomic E-state index is 11.8. The van der Waals surface area contributed by atoms with Gasteiger partial charge in [0, 0.05) is 12.1 Å². The third-order valence-electron chi connectivity index (χ3n) is 4.37. The number of hydrogen-bond acceptors (Lipinski definition) is 4. The fraction of sp³-hybridized carbons (Fsp3) is 0.588. The molecule has 2 aliphatic rings. The number of rotatable bonds is 5. The minimum absolute atomic E-state index is 0.235. The van der Waals surface area contributed by atoms with Crippen molar-refractivity contribution in [3.05, 3.63) is 35.9 Å². The summed E-state index contributed by atoms with van der Waals surface area (Å²) in [4.78, 5) is 11.8. The van der Waals surface area contributed by atoms with Crippen molar-refractivity contribution < 1.29 is 14.3 Å². The Morgan fingerprint density at radius 1 is 1.05 bits per heavy atom. The van der Waals surface area contributed by atoms with E-state index in [9.17, 15) is 4.79 Å². The van der Waals surface area contributed by atoms with Gasteiger partial charge in [0.1, 0.15) is 6.61 Å². The molecule has 120 valence electrons. The molecule has 1 aliphatic carbocycles. The summed E-state index contributed by atoms with van der Waals surface area (Å²) < 4.78 is 10.4. The summed E-state index contributed by atoms with van der Waals surface area (Å²) in [6, 6.07) is 11.1. The van der Waals surface area contributed by atoms with Crippen LogP contribution in [0.5, 0.6) is 0 Å². The van der Waals surface area contributed by atoms with Crippen LogP contribution in [0.1, 0.15) is 31.2 Å². The molecule has 1 amide bonds. The van der Waals surface area contributed by atoms with Crippen molar-refractivity contribution in [2.75, 3.05) is 13.2 Å². The second-order valence-corrected chi connectivity index (χ2v) is 6.16. The average Bonchev–Trinajstić information content (AvgIpc) is 2.51. The van der Waals surface area contributed by atoms with Gasteiger partial charge in [0.2, 0.25) is 0 Å². The van der Waals surface area contributed by atoms with Gasteiger partial charge in [-0.05, 0) is 31.2 Å². The van der Waals surface area contributed by atoms with Crippen LogP contribution in [0.25, 0.3) is 0 Å². The highest BCUT2D eigenvalue weighted by Gasteiger charge is 2.26. The Kier molecular flexibility index (Phi) is 5.29. The van der Waals surface area contributed by atoms with Crippen molar-refractivity contribution in [3.63, 3.8) is 0 Å². The molecule has 22 heavy (non-hydrogen) atoms. The zero-order valence-corrected chi connectivity index (χ0v) is 12.8. The Balaban J connectivity index is 1.32. The molecule has 1 aliphatic heterocycles. The Morgan fingerprint density at radius 3 is 2.36 bits per heavy atom. The normalized spacial score (nSPS) is 25.3. The number of carbonyl (C=O) groups is 1. The predicted molar refractivity (Wildman–Crippen MR) is 83.5 cm³/mol. The highest BCUT2D eigenvalue weighted by molar-refractivity contribution is 5.67. The molecule has 5 nitrogen and oxygen atoms in total. The van der Waals surface area contributed by atoms with Crippen molar-refractivity contribution in [1.82, 2.24) is 10.6 Å². The minimum atomic E-state index is -0.312. The molecular formula is C17H24N2O3. The summed E-state index contributed by atoms with van der Waals surface area (Å²) in [6.45, 7) is 2.00. The Labute approximate surface area is 131 Å².